The predicted octanol–water partition coefficient (Wildman–Crippen LogP) is 0.724. The maximum absolute atomic E-state index is 10.7. The van der Waals surface area contributed by atoms with Gasteiger partial charge in [-0.2, -0.15) is 0 Å². The monoisotopic (exact) mass is 243 g/mol. The number of imidazole rings is 1. The molecule has 0 bridgehead atoms. The van der Waals surface area contributed by atoms with Gasteiger partial charge in [-0.1, -0.05) is 11.8 Å². The molecule has 0 radical (unpaired) electrons. The lowest BCUT2D eigenvalue weighted by atomic mass is 10.4. The first kappa shape index (κ1) is 13.1. The highest BCUT2D eigenvalue weighted by atomic mass is 32.2. The quantitative estimate of drug-likeness (QED) is 0.748. The van der Waals surface area contributed by atoms with E-state index in [1.54, 1.807) is 7.11 Å². The first-order valence-electron chi connectivity index (χ1n) is 5.00. The molecule has 1 rings (SSSR count). The van der Waals surface area contributed by atoms with Crippen molar-refractivity contribution < 1.29 is 9.53 Å². The van der Waals surface area contributed by atoms with Gasteiger partial charge in [0.2, 0.25) is 5.91 Å². The SMILES string of the molecule is COCCn1c(SCC(N)=O)nc(C)c1C. The molecule has 1 aromatic rings. The Balaban J connectivity index is 2.80. The van der Waals surface area contributed by atoms with Crippen LogP contribution < -0.4 is 5.73 Å². The molecule has 5 nitrogen and oxygen atoms in total. The lowest BCUT2D eigenvalue weighted by Gasteiger charge is -2.08. The third kappa shape index (κ3) is 3.24. The van der Waals surface area contributed by atoms with Gasteiger partial charge in [-0.05, 0) is 13.8 Å². The molecule has 90 valence electrons. The van der Waals surface area contributed by atoms with Crippen molar-refractivity contribution in [2.75, 3.05) is 19.5 Å². The molecule has 0 aliphatic heterocycles. The Morgan fingerprint density at radius 1 is 1.56 bits per heavy atom. The van der Waals surface area contributed by atoms with Crippen molar-refractivity contribution in [1.82, 2.24) is 9.55 Å². The number of methoxy groups -OCH3 is 1. The number of aryl methyl sites for hydroxylation is 1. The molecule has 0 fully saturated rings. The summed E-state index contributed by atoms with van der Waals surface area (Å²) < 4.78 is 7.09. The van der Waals surface area contributed by atoms with Gasteiger partial charge in [-0.3, -0.25) is 4.79 Å². The summed E-state index contributed by atoms with van der Waals surface area (Å²) in [6, 6.07) is 0. The van der Waals surface area contributed by atoms with Crippen LogP contribution in [0.4, 0.5) is 0 Å². The fraction of sp³-hybridized carbons (Fsp3) is 0.600. The Bertz CT molecular complexity index is 376. The summed E-state index contributed by atoms with van der Waals surface area (Å²) in [4.78, 5) is 15.1. The number of carbonyl (C=O) groups is 1. The van der Waals surface area contributed by atoms with Gasteiger partial charge in [0, 0.05) is 19.3 Å². The Morgan fingerprint density at radius 2 is 2.25 bits per heavy atom. The average molecular weight is 243 g/mol. The van der Waals surface area contributed by atoms with Gasteiger partial charge in [0.1, 0.15) is 0 Å². The van der Waals surface area contributed by atoms with E-state index in [0.29, 0.717) is 6.61 Å². The average Bonchev–Trinajstić information content (AvgIpc) is 2.50. The minimum absolute atomic E-state index is 0.253. The van der Waals surface area contributed by atoms with Crippen molar-refractivity contribution in [3.05, 3.63) is 11.4 Å². The van der Waals surface area contributed by atoms with Gasteiger partial charge >= 0.3 is 0 Å². The summed E-state index contributed by atoms with van der Waals surface area (Å²) in [5, 5.41) is 0.825. The van der Waals surface area contributed by atoms with Crippen LogP contribution in [0.1, 0.15) is 11.4 Å². The Morgan fingerprint density at radius 3 is 2.81 bits per heavy atom. The van der Waals surface area contributed by atoms with Crippen LogP contribution in [-0.2, 0) is 16.1 Å². The Kier molecular flexibility index (Phi) is 4.82. The normalized spacial score (nSPS) is 10.7. The molecule has 1 heterocycles. The maximum Gasteiger partial charge on any atom is 0.227 e. The third-order valence-corrected chi connectivity index (χ3v) is 3.28. The second-order valence-corrected chi connectivity index (χ2v) is 4.41. The number of carbonyl (C=O) groups excluding carboxylic acids is 1. The van der Waals surface area contributed by atoms with Crippen LogP contribution in [0, 0.1) is 13.8 Å². The highest BCUT2D eigenvalue weighted by molar-refractivity contribution is 7.99. The zero-order chi connectivity index (χ0) is 12.1. The summed E-state index contributed by atoms with van der Waals surface area (Å²) in [6.07, 6.45) is 0. The highest BCUT2D eigenvalue weighted by Gasteiger charge is 2.11. The molecular weight excluding hydrogens is 226 g/mol. The van der Waals surface area contributed by atoms with Gasteiger partial charge < -0.3 is 15.0 Å². The van der Waals surface area contributed by atoms with Crippen LogP contribution in [0.5, 0.6) is 0 Å². The van der Waals surface area contributed by atoms with Crippen molar-refractivity contribution in [2.45, 2.75) is 25.5 Å². The third-order valence-electron chi connectivity index (χ3n) is 2.29. The summed E-state index contributed by atoms with van der Waals surface area (Å²) >= 11 is 1.36. The summed E-state index contributed by atoms with van der Waals surface area (Å²) in [7, 11) is 1.66. The molecule has 16 heavy (non-hydrogen) atoms. The molecule has 0 aromatic carbocycles. The molecule has 1 aromatic heterocycles. The van der Waals surface area contributed by atoms with Crippen LogP contribution in [0.25, 0.3) is 0 Å². The first-order chi connectivity index (χ1) is 7.56. The standard InChI is InChI=1S/C10H17N3O2S/c1-7-8(2)13(4-5-15-3)10(12-7)16-6-9(11)14/h4-6H2,1-3H3,(H2,11,14). The van der Waals surface area contributed by atoms with Crippen LogP contribution >= 0.6 is 11.8 Å². The number of hydrogen-bond acceptors (Lipinski definition) is 4. The minimum Gasteiger partial charge on any atom is -0.383 e. The van der Waals surface area contributed by atoms with Gasteiger partial charge in [0.15, 0.2) is 5.16 Å². The lowest BCUT2D eigenvalue weighted by Crippen LogP contribution is -2.14. The van der Waals surface area contributed by atoms with E-state index in [1.807, 2.05) is 18.4 Å². The number of hydrogen-bond donors (Lipinski definition) is 1. The van der Waals surface area contributed by atoms with Gasteiger partial charge in [-0.25, -0.2) is 4.98 Å². The van der Waals surface area contributed by atoms with E-state index in [9.17, 15) is 4.79 Å². The van der Waals surface area contributed by atoms with Crippen molar-refractivity contribution in [2.24, 2.45) is 5.73 Å². The zero-order valence-electron chi connectivity index (χ0n) is 9.82. The molecule has 0 saturated heterocycles. The lowest BCUT2D eigenvalue weighted by molar-refractivity contribution is -0.115. The minimum atomic E-state index is -0.332. The maximum atomic E-state index is 10.7. The summed E-state index contributed by atoms with van der Waals surface area (Å²) in [6.45, 7) is 5.32. The highest BCUT2D eigenvalue weighted by Crippen LogP contribution is 2.20. The van der Waals surface area contributed by atoms with Gasteiger partial charge in [0.25, 0.3) is 0 Å². The van der Waals surface area contributed by atoms with E-state index in [1.165, 1.54) is 11.8 Å². The number of primary amides is 1. The number of thioether (sulfide) groups is 1. The van der Waals surface area contributed by atoms with Crippen LogP contribution in [0.3, 0.4) is 0 Å². The molecule has 2 N–H and O–H groups in total. The molecule has 0 aliphatic carbocycles. The van der Waals surface area contributed by atoms with E-state index in [-0.39, 0.29) is 11.7 Å². The zero-order valence-corrected chi connectivity index (χ0v) is 10.6. The number of amides is 1. The molecule has 0 saturated carbocycles. The molecule has 6 heteroatoms. The van der Waals surface area contributed by atoms with Crippen molar-refractivity contribution in [3.63, 3.8) is 0 Å². The predicted molar refractivity (Wildman–Crippen MR) is 63.5 cm³/mol. The molecule has 0 spiro atoms. The van der Waals surface area contributed by atoms with E-state index < -0.39 is 0 Å². The molecule has 1 amide bonds. The van der Waals surface area contributed by atoms with Gasteiger partial charge in [0.05, 0.1) is 18.1 Å². The number of ether oxygens (including phenoxy) is 1. The smallest absolute Gasteiger partial charge is 0.227 e. The van der Waals surface area contributed by atoms with Crippen molar-refractivity contribution >= 4 is 17.7 Å². The second kappa shape index (κ2) is 5.91. The number of nitrogens with two attached hydrogens (primary N) is 1. The van der Waals surface area contributed by atoms with Crippen molar-refractivity contribution in [3.8, 4) is 0 Å². The van der Waals surface area contributed by atoms with E-state index in [2.05, 4.69) is 4.98 Å². The fourth-order valence-electron chi connectivity index (χ4n) is 1.32. The number of nitrogens with zero attached hydrogens (tertiary/aromatic N) is 2. The van der Waals surface area contributed by atoms with Crippen molar-refractivity contribution in [1.29, 1.82) is 0 Å². The van der Waals surface area contributed by atoms with E-state index in [0.717, 1.165) is 23.1 Å². The molecule has 0 unspecified atom stereocenters. The van der Waals surface area contributed by atoms with Gasteiger partial charge in [-0.15, -0.1) is 0 Å². The van der Waals surface area contributed by atoms with Crippen LogP contribution in [0.2, 0.25) is 0 Å². The second-order valence-electron chi connectivity index (χ2n) is 3.46. The van der Waals surface area contributed by atoms with Crippen LogP contribution in [-0.4, -0.2) is 34.9 Å². The first-order valence-corrected chi connectivity index (χ1v) is 5.98. The number of rotatable bonds is 6. The topological polar surface area (TPSA) is 70.1 Å². The van der Waals surface area contributed by atoms with E-state index >= 15 is 0 Å². The molecule has 0 atom stereocenters. The molecular formula is C10H17N3O2S. The Hall–Kier alpha value is -1.01. The fourth-order valence-corrected chi connectivity index (χ4v) is 2.17. The van der Waals surface area contributed by atoms with Crippen LogP contribution in [0.15, 0.2) is 5.16 Å². The summed E-state index contributed by atoms with van der Waals surface area (Å²) in [5.74, 6) is -0.0790. The molecule has 0 aliphatic rings. The Labute approximate surface area is 99.4 Å². The largest absolute Gasteiger partial charge is 0.383 e. The number of aromatic nitrogens is 2. The van der Waals surface area contributed by atoms with E-state index in [4.69, 9.17) is 10.5 Å². The summed E-state index contributed by atoms with van der Waals surface area (Å²) in [5.41, 5.74) is 7.19.